The molecule has 1 aliphatic carbocycles. The highest BCUT2D eigenvalue weighted by Crippen LogP contribution is 2.27. The van der Waals surface area contributed by atoms with Gasteiger partial charge in [-0.3, -0.25) is 4.79 Å². The second-order valence-corrected chi connectivity index (χ2v) is 6.20. The van der Waals surface area contributed by atoms with E-state index in [1.165, 1.54) is 0 Å². The molecule has 0 aliphatic heterocycles. The van der Waals surface area contributed by atoms with Crippen molar-refractivity contribution in [1.29, 1.82) is 0 Å². The Labute approximate surface area is 125 Å². The fourth-order valence-electron chi connectivity index (χ4n) is 3.15. The number of hydrogen-bond acceptors (Lipinski definition) is 2. The van der Waals surface area contributed by atoms with E-state index in [1.54, 1.807) is 30.9 Å². The molecule has 1 aromatic carbocycles. The van der Waals surface area contributed by atoms with Crippen LogP contribution < -0.4 is 0 Å². The molecule has 0 bridgehead atoms. The predicted octanol–water partition coefficient (Wildman–Crippen LogP) is 3.07. The molecule has 1 N–H and O–H groups in total. The predicted molar refractivity (Wildman–Crippen MR) is 80.8 cm³/mol. The molecule has 0 radical (unpaired) electrons. The molecule has 1 amide bonds. The Morgan fingerprint density at radius 1 is 1.24 bits per heavy atom. The SMILES string of the molecule is Cc1cc(C(=O)N(C)C2CCC(CO)CC2)cc(C)c1F. The van der Waals surface area contributed by atoms with Gasteiger partial charge in [-0.1, -0.05) is 0 Å². The van der Waals surface area contributed by atoms with E-state index >= 15 is 0 Å². The van der Waals surface area contributed by atoms with Crippen molar-refractivity contribution >= 4 is 5.91 Å². The molecule has 0 spiro atoms. The molecule has 116 valence electrons. The summed E-state index contributed by atoms with van der Waals surface area (Å²) in [5.74, 6) is 0.0892. The first-order chi connectivity index (χ1) is 9.93. The van der Waals surface area contributed by atoms with E-state index in [9.17, 15) is 14.3 Å². The van der Waals surface area contributed by atoms with Crippen LogP contribution in [0.1, 0.15) is 47.2 Å². The van der Waals surface area contributed by atoms with E-state index in [-0.39, 0.29) is 24.4 Å². The van der Waals surface area contributed by atoms with Crippen molar-refractivity contribution in [3.63, 3.8) is 0 Å². The van der Waals surface area contributed by atoms with Crippen LogP contribution in [0.4, 0.5) is 4.39 Å². The second kappa shape index (κ2) is 6.56. The summed E-state index contributed by atoms with van der Waals surface area (Å²) in [7, 11) is 1.82. The molecule has 0 heterocycles. The number of carbonyl (C=O) groups excluding carboxylic acids is 1. The lowest BCUT2D eigenvalue weighted by atomic mass is 9.86. The number of aryl methyl sites for hydroxylation is 2. The van der Waals surface area contributed by atoms with E-state index in [0.29, 0.717) is 22.6 Å². The van der Waals surface area contributed by atoms with E-state index < -0.39 is 0 Å². The van der Waals surface area contributed by atoms with Crippen LogP contribution in [-0.4, -0.2) is 35.6 Å². The minimum Gasteiger partial charge on any atom is -0.396 e. The average molecular weight is 293 g/mol. The van der Waals surface area contributed by atoms with Crippen molar-refractivity contribution in [2.24, 2.45) is 5.92 Å². The van der Waals surface area contributed by atoms with Crippen LogP contribution in [0.5, 0.6) is 0 Å². The van der Waals surface area contributed by atoms with E-state index in [0.717, 1.165) is 25.7 Å². The van der Waals surface area contributed by atoms with Crippen LogP contribution in [0, 0.1) is 25.6 Å². The van der Waals surface area contributed by atoms with Crippen molar-refractivity contribution < 1.29 is 14.3 Å². The summed E-state index contributed by atoms with van der Waals surface area (Å²) in [5, 5.41) is 9.17. The Hall–Kier alpha value is -1.42. The smallest absolute Gasteiger partial charge is 0.253 e. The van der Waals surface area contributed by atoms with Gasteiger partial charge in [0.25, 0.3) is 5.91 Å². The molecule has 0 aromatic heterocycles. The lowest BCUT2D eigenvalue weighted by Crippen LogP contribution is -2.40. The number of rotatable bonds is 3. The Balaban J connectivity index is 2.09. The lowest BCUT2D eigenvalue weighted by molar-refractivity contribution is 0.0652. The van der Waals surface area contributed by atoms with Gasteiger partial charge in [0.2, 0.25) is 0 Å². The summed E-state index contributed by atoms with van der Waals surface area (Å²) in [6, 6.07) is 3.46. The highest BCUT2D eigenvalue weighted by Gasteiger charge is 2.27. The third kappa shape index (κ3) is 3.43. The number of aliphatic hydroxyl groups is 1. The van der Waals surface area contributed by atoms with Gasteiger partial charge < -0.3 is 10.0 Å². The molecule has 2 rings (SSSR count). The van der Waals surface area contributed by atoms with Gasteiger partial charge in [0.05, 0.1) is 0 Å². The van der Waals surface area contributed by atoms with Crippen LogP contribution >= 0.6 is 0 Å². The van der Waals surface area contributed by atoms with Crippen LogP contribution in [0.15, 0.2) is 12.1 Å². The maximum Gasteiger partial charge on any atom is 0.253 e. The number of benzene rings is 1. The summed E-state index contributed by atoms with van der Waals surface area (Å²) >= 11 is 0. The molecule has 1 aliphatic rings. The summed E-state index contributed by atoms with van der Waals surface area (Å²) in [5.41, 5.74) is 1.57. The number of aliphatic hydroxyl groups excluding tert-OH is 1. The van der Waals surface area contributed by atoms with E-state index in [4.69, 9.17) is 0 Å². The highest BCUT2D eigenvalue weighted by atomic mass is 19.1. The molecule has 1 saturated carbocycles. The zero-order chi connectivity index (χ0) is 15.6. The average Bonchev–Trinajstić information content (AvgIpc) is 2.50. The largest absolute Gasteiger partial charge is 0.396 e. The summed E-state index contributed by atoms with van der Waals surface area (Å²) in [6.07, 6.45) is 3.76. The topological polar surface area (TPSA) is 40.5 Å². The van der Waals surface area contributed by atoms with Gasteiger partial charge in [0.15, 0.2) is 0 Å². The maximum absolute atomic E-state index is 13.7. The molecule has 3 nitrogen and oxygen atoms in total. The molecule has 1 fully saturated rings. The van der Waals surface area contributed by atoms with Crippen molar-refractivity contribution in [3.05, 3.63) is 34.6 Å². The third-order valence-corrected chi connectivity index (χ3v) is 4.63. The highest BCUT2D eigenvalue weighted by molar-refractivity contribution is 5.94. The normalized spacial score (nSPS) is 22.1. The van der Waals surface area contributed by atoms with Gasteiger partial charge >= 0.3 is 0 Å². The Morgan fingerprint density at radius 3 is 2.24 bits per heavy atom. The first-order valence-electron chi connectivity index (χ1n) is 7.58. The van der Waals surface area contributed by atoms with Crippen LogP contribution in [0.2, 0.25) is 0 Å². The fraction of sp³-hybridized carbons (Fsp3) is 0.588. The van der Waals surface area contributed by atoms with Gasteiger partial charge in [-0.25, -0.2) is 4.39 Å². The number of nitrogens with zero attached hydrogens (tertiary/aromatic N) is 1. The second-order valence-electron chi connectivity index (χ2n) is 6.20. The van der Waals surface area contributed by atoms with E-state index in [1.807, 2.05) is 7.05 Å². The summed E-state index contributed by atoms with van der Waals surface area (Å²) in [6.45, 7) is 3.61. The number of amides is 1. The van der Waals surface area contributed by atoms with Crippen molar-refractivity contribution in [2.75, 3.05) is 13.7 Å². The van der Waals surface area contributed by atoms with Gasteiger partial charge in [-0.05, 0) is 68.7 Å². The number of carbonyl (C=O) groups is 1. The standard InChI is InChI=1S/C17H24FNO2/c1-11-8-14(9-12(2)16(11)18)17(21)19(3)15-6-4-13(10-20)5-7-15/h8-9,13,15,20H,4-7,10H2,1-3H3. The Morgan fingerprint density at radius 2 is 1.76 bits per heavy atom. The van der Waals surface area contributed by atoms with Gasteiger partial charge in [0, 0.05) is 25.3 Å². The number of halogens is 1. The Kier molecular flexibility index (Phi) is 4.99. The molecular weight excluding hydrogens is 269 g/mol. The minimum atomic E-state index is -0.238. The van der Waals surface area contributed by atoms with Crippen molar-refractivity contribution in [2.45, 2.75) is 45.6 Å². The molecule has 1 aromatic rings. The molecular formula is C17H24FNO2. The quantitative estimate of drug-likeness (QED) is 0.930. The van der Waals surface area contributed by atoms with Gasteiger partial charge in [-0.15, -0.1) is 0 Å². The van der Waals surface area contributed by atoms with Gasteiger partial charge in [-0.2, -0.15) is 0 Å². The van der Waals surface area contributed by atoms with Crippen LogP contribution in [0.3, 0.4) is 0 Å². The monoisotopic (exact) mass is 293 g/mol. The zero-order valence-corrected chi connectivity index (χ0v) is 13.0. The lowest BCUT2D eigenvalue weighted by Gasteiger charge is -2.34. The molecule has 0 saturated heterocycles. The first-order valence-corrected chi connectivity index (χ1v) is 7.58. The fourth-order valence-corrected chi connectivity index (χ4v) is 3.15. The molecule has 21 heavy (non-hydrogen) atoms. The van der Waals surface area contributed by atoms with E-state index in [2.05, 4.69) is 0 Å². The molecule has 0 unspecified atom stereocenters. The Bertz CT molecular complexity index is 499. The van der Waals surface area contributed by atoms with Crippen molar-refractivity contribution in [3.8, 4) is 0 Å². The van der Waals surface area contributed by atoms with Gasteiger partial charge in [0.1, 0.15) is 5.82 Å². The minimum absolute atomic E-state index is 0.0475. The summed E-state index contributed by atoms with van der Waals surface area (Å²) in [4.78, 5) is 14.3. The maximum atomic E-state index is 13.7. The van der Waals surface area contributed by atoms with Crippen molar-refractivity contribution in [1.82, 2.24) is 4.90 Å². The number of hydrogen-bond donors (Lipinski definition) is 1. The molecule has 4 heteroatoms. The third-order valence-electron chi connectivity index (χ3n) is 4.63. The van der Waals surface area contributed by atoms with Crippen LogP contribution in [-0.2, 0) is 0 Å². The van der Waals surface area contributed by atoms with Crippen LogP contribution in [0.25, 0.3) is 0 Å². The molecule has 0 atom stereocenters. The summed E-state index contributed by atoms with van der Waals surface area (Å²) < 4.78 is 13.7. The zero-order valence-electron chi connectivity index (χ0n) is 13.0. The first kappa shape index (κ1) is 16.0.